The van der Waals surface area contributed by atoms with Crippen LogP contribution in [0.4, 0.5) is 0 Å². The van der Waals surface area contributed by atoms with Gasteiger partial charge in [-0.1, -0.05) is 23.2 Å². The number of allylic oxidation sites excluding steroid dienone is 1. The third-order valence-corrected chi connectivity index (χ3v) is 4.25. The molecule has 2 aromatic carbocycles. The van der Waals surface area contributed by atoms with Crippen molar-refractivity contribution in [1.82, 2.24) is 0 Å². The van der Waals surface area contributed by atoms with Crippen molar-refractivity contribution in [3.63, 3.8) is 0 Å². The van der Waals surface area contributed by atoms with Crippen LogP contribution in [0.1, 0.15) is 21.9 Å². The van der Waals surface area contributed by atoms with Crippen LogP contribution in [0.5, 0.6) is 11.5 Å². The van der Waals surface area contributed by atoms with Crippen LogP contribution in [0.3, 0.4) is 0 Å². The van der Waals surface area contributed by atoms with Gasteiger partial charge in [0.15, 0.2) is 5.78 Å². The van der Waals surface area contributed by atoms with E-state index in [4.69, 9.17) is 37.1 Å². The largest absolute Gasteiger partial charge is 0.497 e. The van der Waals surface area contributed by atoms with Crippen LogP contribution >= 0.6 is 23.2 Å². The quantitative estimate of drug-likeness (QED) is 0.355. The molecule has 0 fully saturated rings. The smallest absolute Gasteiger partial charge is 0.185 e. The molecule has 0 saturated carbocycles. The lowest BCUT2D eigenvalue weighted by Gasteiger charge is -2.06. The van der Waals surface area contributed by atoms with Crippen LogP contribution in [0.15, 0.2) is 65.1 Å². The molecular formula is C21H16Cl2O4. The summed E-state index contributed by atoms with van der Waals surface area (Å²) in [5, 5.41) is 0.971. The fourth-order valence-electron chi connectivity index (χ4n) is 2.31. The summed E-state index contributed by atoms with van der Waals surface area (Å²) < 4.78 is 16.3. The van der Waals surface area contributed by atoms with Gasteiger partial charge >= 0.3 is 0 Å². The van der Waals surface area contributed by atoms with Crippen LogP contribution in [-0.2, 0) is 6.61 Å². The number of ether oxygens (including phenoxy) is 2. The molecule has 3 aromatic rings. The molecule has 0 aliphatic rings. The Bertz CT molecular complexity index is 959. The maximum atomic E-state index is 12.2. The number of rotatable bonds is 7. The summed E-state index contributed by atoms with van der Waals surface area (Å²) >= 11 is 11.9. The van der Waals surface area contributed by atoms with Crippen LogP contribution in [-0.4, -0.2) is 12.9 Å². The summed E-state index contributed by atoms with van der Waals surface area (Å²) in [5.41, 5.74) is 0.569. The Morgan fingerprint density at radius 1 is 1.07 bits per heavy atom. The molecule has 0 N–H and O–H groups in total. The summed E-state index contributed by atoms with van der Waals surface area (Å²) in [4.78, 5) is 12.2. The van der Waals surface area contributed by atoms with Crippen molar-refractivity contribution >= 4 is 35.1 Å². The van der Waals surface area contributed by atoms with Crippen molar-refractivity contribution in [3.8, 4) is 11.5 Å². The Morgan fingerprint density at radius 3 is 2.56 bits per heavy atom. The van der Waals surface area contributed by atoms with Crippen molar-refractivity contribution in [1.29, 1.82) is 0 Å². The van der Waals surface area contributed by atoms with E-state index in [2.05, 4.69) is 0 Å². The van der Waals surface area contributed by atoms with Gasteiger partial charge < -0.3 is 13.9 Å². The van der Waals surface area contributed by atoms with E-state index >= 15 is 0 Å². The second kappa shape index (κ2) is 8.80. The molecule has 0 amide bonds. The number of hydrogen-bond acceptors (Lipinski definition) is 4. The van der Waals surface area contributed by atoms with Crippen LogP contribution in [0.2, 0.25) is 10.0 Å². The Balaban J connectivity index is 1.59. The molecule has 3 rings (SSSR count). The van der Waals surface area contributed by atoms with Crippen LogP contribution in [0, 0.1) is 0 Å². The SMILES string of the molecule is COc1ccc(C(=O)/C=C/c2ccc(COc3ccc(Cl)cc3Cl)o2)cc1. The average Bonchev–Trinajstić information content (AvgIpc) is 3.13. The maximum absolute atomic E-state index is 12.2. The first-order chi connectivity index (χ1) is 13.0. The van der Waals surface area contributed by atoms with E-state index in [1.165, 1.54) is 6.08 Å². The molecule has 0 bridgehead atoms. The molecule has 27 heavy (non-hydrogen) atoms. The highest BCUT2D eigenvalue weighted by Gasteiger charge is 2.06. The zero-order valence-corrected chi connectivity index (χ0v) is 16.0. The minimum Gasteiger partial charge on any atom is -0.497 e. The second-order valence-corrected chi connectivity index (χ2v) is 6.44. The Morgan fingerprint density at radius 2 is 1.85 bits per heavy atom. The number of hydrogen-bond donors (Lipinski definition) is 0. The molecule has 6 heteroatoms. The van der Waals surface area contributed by atoms with E-state index in [0.29, 0.717) is 38.6 Å². The average molecular weight is 403 g/mol. The van der Waals surface area contributed by atoms with Gasteiger partial charge in [0.25, 0.3) is 0 Å². The Kier molecular flexibility index (Phi) is 6.22. The van der Waals surface area contributed by atoms with Gasteiger partial charge in [0.05, 0.1) is 12.1 Å². The molecule has 0 radical (unpaired) electrons. The predicted molar refractivity (Wildman–Crippen MR) is 106 cm³/mol. The highest BCUT2D eigenvalue weighted by molar-refractivity contribution is 6.35. The summed E-state index contributed by atoms with van der Waals surface area (Å²) in [6.07, 6.45) is 3.08. The van der Waals surface area contributed by atoms with Crippen molar-refractivity contribution in [2.45, 2.75) is 6.61 Å². The fourth-order valence-corrected chi connectivity index (χ4v) is 2.78. The number of carbonyl (C=O) groups excluding carboxylic acids is 1. The highest BCUT2D eigenvalue weighted by Crippen LogP contribution is 2.28. The van der Waals surface area contributed by atoms with Gasteiger partial charge in [-0.05, 0) is 66.7 Å². The number of methoxy groups -OCH3 is 1. The maximum Gasteiger partial charge on any atom is 0.185 e. The van der Waals surface area contributed by atoms with E-state index in [0.717, 1.165) is 0 Å². The third-order valence-electron chi connectivity index (χ3n) is 3.72. The predicted octanol–water partition coefficient (Wildman–Crippen LogP) is 6.07. The third kappa shape index (κ3) is 5.16. The molecule has 1 heterocycles. The number of ketones is 1. The first-order valence-corrected chi connectivity index (χ1v) is 8.84. The first-order valence-electron chi connectivity index (χ1n) is 8.08. The van der Waals surface area contributed by atoms with E-state index in [1.54, 1.807) is 67.8 Å². The topological polar surface area (TPSA) is 48.7 Å². The fraction of sp³-hybridized carbons (Fsp3) is 0.0952. The molecule has 0 aliphatic heterocycles. The van der Waals surface area contributed by atoms with Crippen molar-refractivity contribution in [2.75, 3.05) is 7.11 Å². The molecule has 138 valence electrons. The van der Waals surface area contributed by atoms with Crippen molar-refractivity contribution in [2.24, 2.45) is 0 Å². The summed E-state index contributed by atoms with van der Waals surface area (Å²) in [6, 6.07) is 15.5. The van der Waals surface area contributed by atoms with E-state index in [-0.39, 0.29) is 12.4 Å². The van der Waals surface area contributed by atoms with E-state index in [1.807, 2.05) is 0 Å². The highest BCUT2D eigenvalue weighted by atomic mass is 35.5. The minimum absolute atomic E-state index is 0.125. The zero-order valence-electron chi connectivity index (χ0n) is 14.4. The Hall–Kier alpha value is -2.69. The van der Waals surface area contributed by atoms with E-state index in [9.17, 15) is 4.79 Å². The molecule has 4 nitrogen and oxygen atoms in total. The number of halogens is 2. The second-order valence-electron chi connectivity index (χ2n) is 5.59. The summed E-state index contributed by atoms with van der Waals surface area (Å²) in [7, 11) is 1.58. The number of carbonyl (C=O) groups is 1. The lowest BCUT2D eigenvalue weighted by molar-refractivity contribution is 0.104. The van der Waals surface area contributed by atoms with Gasteiger partial charge in [0.1, 0.15) is 29.6 Å². The normalized spacial score (nSPS) is 10.9. The molecule has 1 aromatic heterocycles. The van der Waals surface area contributed by atoms with Gasteiger partial charge in [-0.3, -0.25) is 4.79 Å². The number of furan rings is 1. The lowest BCUT2D eigenvalue weighted by Crippen LogP contribution is -1.94. The van der Waals surface area contributed by atoms with Gasteiger partial charge in [0.2, 0.25) is 0 Å². The summed E-state index contributed by atoms with van der Waals surface area (Å²) in [6.45, 7) is 0.210. The molecule has 0 saturated heterocycles. The van der Waals surface area contributed by atoms with Gasteiger partial charge in [-0.15, -0.1) is 0 Å². The number of benzene rings is 2. The lowest BCUT2D eigenvalue weighted by atomic mass is 10.1. The minimum atomic E-state index is -0.125. The van der Waals surface area contributed by atoms with Gasteiger partial charge in [-0.2, -0.15) is 0 Å². The van der Waals surface area contributed by atoms with Crippen molar-refractivity contribution < 1.29 is 18.7 Å². The molecule has 0 atom stereocenters. The van der Waals surface area contributed by atoms with Crippen LogP contribution in [0.25, 0.3) is 6.08 Å². The first kappa shape index (κ1) is 19.1. The molecule has 0 unspecified atom stereocenters. The molecule has 0 aliphatic carbocycles. The summed E-state index contributed by atoms with van der Waals surface area (Å²) in [5.74, 6) is 2.26. The van der Waals surface area contributed by atoms with Gasteiger partial charge in [0, 0.05) is 10.6 Å². The van der Waals surface area contributed by atoms with Gasteiger partial charge in [-0.25, -0.2) is 0 Å². The zero-order chi connectivity index (χ0) is 19.2. The standard InChI is InChI=1S/C21H16Cl2O4/c1-25-16-5-2-14(3-6-16)20(24)10-9-17-7-8-18(27-17)13-26-21-11-4-15(22)12-19(21)23/h2-12H,13H2,1H3/b10-9+. The Labute approximate surface area is 166 Å². The van der Waals surface area contributed by atoms with Crippen molar-refractivity contribution in [3.05, 3.63) is 87.8 Å². The monoisotopic (exact) mass is 402 g/mol. The molecule has 0 spiro atoms. The molecular weight excluding hydrogens is 387 g/mol. The van der Waals surface area contributed by atoms with Crippen LogP contribution < -0.4 is 9.47 Å². The van der Waals surface area contributed by atoms with E-state index < -0.39 is 0 Å².